The SMILES string of the molecule is CCC(C)N/C=C\N. The van der Waals surface area contributed by atoms with Gasteiger partial charge in [-0.25, -0.2) is 0 Å². The lowest BCUT2D eigenvalue weighted by Gasteiger charge is -2.05. The van der Waals surface area contributed by atoms with Gasteiger partial charge in [-0.05, 0) is 13.3 Å². The Morgan fingerprint density at radius 2 is 2.38 bits per heavy atom. The summed E-state index contributed by atoms with van der Waals surface area (Å²) in [6.07, 6.45) is 4.39. The fraction of sp³-hybridized carbons (Fsp3) is 0.667. The highest BCUT2D eigenvalue weighted by Crippen LogP contribution is 1.85. The summed E-state index contributed by atoms with van der Waals surface area (Å²) < 4.78 is 0. The normalized spacial score (nSPS) is 14.2. The molecule has 0 radical (unpaired) electrons. The molecule has 48 valence electrons. The minimum Gasteiger partial charge on any atom is -0.403 e. The summed E-state index contributed by atoms with van der Waals surface area (Å²) in [7, 11) is 0. The molecule has 0 spiro atoms. The summed E-state index contributed by atoms with van der Waals surface area (Å²) in [5.74, 6) is 0. The fourth-order valence-electron chi connectivity index (χ4n) is 0.338. The molecule has 0 saturated carbocycles. The molecule has 0 amide bonds. The Kier molecular flexibility index (Phi) is 4.13. The number of rotatable bonds is 3. The third kappa shape index (κ3) is 3.53. The molecule has 0 rings (SSSR count). The number of nitrogens with two attached hydrogens (primary N) is 1. The molecular weight excluding hydrogens is 100 g/mol. The van der Waals surface area contributed by atoms with Crippen LogP contribution in [0.5, 0.6) is 0 Å². The van der Waals surface area contributed by atoms with Crippen LogP contribution in [-0.2, 0) is 0 Å². The molecule has 3 N–H and O–H groups in total. The van der Waals surface area contributed by atoms with Gasteiger partial charge in [0.2, 0.25) is 0 Å². The Bertz CT molecular complexity index is 68.9. The molecule has 2 nitrogen and oxygen atoms in total. The van der Waals surface area contributed by atoms with Crippen molar-refractivity contribution in [2.24, 2.45) is 5.73 Å². The molecule has 0 saturated heterocycles. The van der Waals surface area contributed by atoms with Gasteiger partial charge in [0, 0.05) is 18.4 Å². The molecule has 0 aromatic carbocycles. The average Bonchev–Trinajstić information content (AvgIpc) is 1.83. The monoisotopic (exact) mass is 114 g/mol. The van der Waals surface area contributed by atoms with Crippen LogP contribution >= 0.6 is 0 Å². The maximum Gasteiger partial charge on any atom is 0.0225 e. The summed E-state index contributed by atoms with van der Waals surface area (Å²) in [5, 5.41) is 3.08. The second-order valence-electron chi connectivity index (χ2n) is 1.84. The Balaban J connectivity index is 3.10. The van der Waals surface area contributed by atoms with Crippen molar-refractivity contribution < 1.29 is 0 Å². The van der Waals surface area contributed by atoms with E-state index in [0.29, 0.717) is 6.04 Å². The van der Waals surface area contributed by atoms with Crippen molar-refractivity contribution in [2.75, 3.05) is 0 Å². The summed E-state index contributed by atoms with van der Waals surface area (Å²) in [6, 6.07) is 0.537. The second-order valence-corrected chi connectivity index (χ2v) is 1.84. The molecule has 1 atom stereocenters. The Labute approximate surface area is 50.8 Å². The maximum absolute atomic E-state index is 5.09. The minimum atomic E-state index is 0.537. The van der Waals surface area contributed by atoms with Crippen molar-refractivity contribution in [2.45, 2.75) is 26.3 Å². The van der Waals surface area contributed by atoms with Crippen LogP contribution in [0.4, 0.5) is 0 Å². The van der Waals surface area contributed by atoms with Gasteiger partial charge in [0.1, 0.15) is 0 Å². The molecule has 0 aromatic heterocycles. The standard InChI is InChI=1S/C6H14N2/c1-3-6(2)8-5-4-7/h4-6,8H,3,7H2,1-2H3/b5-4-. The van der Waals surface area contributed by atoms with Crippen LogP contribution in [0.15, 0.2) is 12.4 Å². The zero-order valence-corrected chi connectivity index (χ0v) is 5.52. The zero-order valence-electron chi connectivity index (χ0n) is 5.52. The summed E-state index contributed by atoms with van der Waals surface area (Å²) in [5.41, 5.74) is 5.09. The van der Waals surface area contributed by atoms with Gasteiger partial charge < -0.3 is 11.1 Å². The number of hydrogen-bond donors (Lipinski definition) is 2. The van der Waals surface area contributed by atoms with E-state index in [9.17, 15) is 0 Å². The van der Waals surface area contributed by atoms with Gasteiger partial charge >= 0.3 is 0 Å². The predicted molar refractivity (Wildman–Crippen MR) is 36.2 cm³/mol. The topological polar surface area (TPSA) is 38.0 Å². The fourth-order valence-corrected chi connectivity index (χ4v) is 0.338. The van der Waals surface area contributed by atoms with E-state index in [2.05, 4.69) is 19.2 Å². The molecule has 0 bridgehead atoms. The van der Waals surface area contributed by atoms with Crippen LogP contribution in [0.1, 0.15) is 20.3 Å². The van der Waals surface area contributed by atoms with Gasteiger partial charge in [-0.2, -0.15) is 0 Å². The first-order valence-electron chi connectivity index (χ1n) is 2.94. The quantitative estimate of drug-likeness (QED) is 0.569. The lowest BCUT2D eigenvalue weighted by molar-refractivity contribution is 0.618. The van der Waals surface area contributed by atoms with Crippen molar-refractivity contribution in [1.29, 1.82) is 0 Å². The first kappa shape index (κ1) is 7.34. The third-order valence-corrected chi connectivity index (χ3v) is 1.09. The van der Waals surface area contributed by atoms with Crippen molar-refractivity contribution in [3.05, 3.63) is 12.4 Å². The molecule has 0 aliphatic carbocycles. The van der Waals surface area contributed by atoms with Gasteiger partial charge in [0.05, 0.1) is 0 Å². The molecule has 0 aliphatic rings. The van der Waals surface area contributed by atoms with Gasteiger partial charge in [-0.1, -0.05) is 6.92 Å². The Morgan fingerprint density at radius 1 is 1.75 bits per heavy atom. The number of hydrogen-bond acceptors (Lipinski definition) is 2. The van der Waals surface area contributed by atoms with Crippen LogP contribution in [0.3, 0.4) is 0 Å². The van der Waals surface area contributed by atoms with Gasteiger partial charge in [0.25, 0.3) is 0 Å². The molecule has 0 aromatic rings. The van der Waals surface area contributed by atoms with Gasteiger partial charge in [0.15, 0.2) is 0 Å². The van der Waals surface area contributed by atoms with E-state index in [-0.39, 0.29) is 0 Å². The van der Waals surface area contributed by atoms with Crippen LogP contribution in [0.25, 0.3) is 0 Å². The minimum absolute atomic E-state index is 0.537. The molecule has 1 unspecified atom stereocenters. The first-order valence-corrected chi connectivity index (χ1v) is 2.94. The van der Waals surface area contributed by atoms with E-state index in [1.165, 1.54) is 6.20 Å². The summed E-state index contributed by atoms with van der Waals surface area (Å²) in [4.78, 5) is 0. The average molecular weight is 114 g/mol. The van der Waals surface area contributed by atoms with E-state index in [1.54, 1.807) is 6.20 Å². The van der Waals surface area contributed by atoms with Crippen LogP contribution < -0.4 is 11.1 Å². The molecule has 0 aliphatic heterocycles. The Hall–Kier alpha value is -0.660. The molecule has 0 fully saturated rings. The van der Waals surface area contributed by atoms with Gasteiger partial charge in [-0.3, -0.25) is 0 Å². The van der Waals surface area contributed by atoms with E-state index in [1.807, 2.05) is 0 Å². The number of nitrogens with one attached hydrogen (secondary N) is 1. The second kappa shape index (κ2) is 4.50. The van der Waals surface area contributed by atoms with Crippen LogP contribution in [-0.4, -0.2) is 6.04 Å². The van der Waals surface area contributed by atoms with E-state index < -0.39 is 0 Å². The molecule has 2 heteroatoms. The third-order valence-electron chi connectivity index (χ3n) is 1.09. The van der Waals surface area contributed by atoms with E-state index >= 15 is 0 Å². The summed E-state index contributed by atoms with van der Waals surface area (Å²) >= 11 is 0. The van der Waals surface area contributed by atoms with Gasteiger partial charge in [-0.15, -0.1) is 0 Å². The highest BCUT2D eigenvalue weighted by molar-refractivity contribution is 4.75. The Morgan fingerprint density at radius 3 is 2.75 bits per heavy atom. The van der Waals surface area contributed by atoms with Crippen molar-refractivity contribution in [1.82, 2.24) is 5.32 Å². The zero-order chi connectivity index (χ0) is 6.41. The van der Waals surface area contributed by atoms with Crippen LogP contribution in [0.2, 0.25) is 0 Å². The smallest absolute Gasteiger partial charge is 0.0225 e. The maximum atomic E-state index is 5.09. The van der Waals surface area contributed by atoms with Crippen LogP contribution in [0, 0.1) is 0 Å². The predicted octanol–water partition coefficient (Wildman–Crippen LogP) is 0.804. The largest absolute Gasteiger partial charge is 0.403 e. The first-order chi connectivity index (χ1) is 3.81. The van der Waals surface area contributed by atoms with E-state index in [4.69, 9.17) is 5.73 Å². The van der Waals surface area contributed by atoms with E-state index in [0.717, 1.165) is 6.42 Å². The molecule has 0 heterocycles. The molecule has 8 heavy (non-hydrogen) atoms. The van der Waals surface area contributed by atoms with Crippen molar-refractivity contribution >= 4 is 0 Å². The highest BCUT2D eigenvalue weighted by Gasteiger charge is 1.88. The highest BCUT2D eigenvalue weighted by atomic mass is 14.9. The van der Waals surface area contributed by atoms with Crippen molar-refractivity contribution in [3.8, 4) is 0 Å². The summed E-state index contributed by atoms with van der Waals surface area (Å²) in [6.45, 7) is 4.24. The lowest BCUT2D eigenvalue weighted by atomic mass is 10.3. The molecular formula is C6H14N2. The van der Waals surface area contributed by atoms with Crippen molar-refractivity contribution in [3.63, 3.8) is 0 Å². The lowest BCUT2D eigenvalue weighted by Crippen LogP contribution is -2.18.